The third kappa shape index (κ3) is 8.48. The Labute approximate surface area is 233 Å². The maximum atomic E-state index is 12.7. The number of hydrogen-bond acceptors (Lipinski definition) is 4. The molecular formula is C33H33NO4S. The molecule has 1 amide bonds. The largest absolute Gasteiger partial charge is 0.481 e. The summed E-state index contributed by atoms with van der Waals surface area (Å²) in [5.74, 6) is -0.427. The van der Waals surface area contributed by atoms with Gasteiger partial charge in [-0.05, 0) is 65.8 Å². The summed E-state index contributed by atoms with van der Waals surface area (Å²) < 4.78 is 0. The maximum Gasteiger partial charge on any atom is 0.303 e. The second-order valence-corrected chi connectivity index (χ2v) is 10.6. The van der Waals surface area contributed by atoms with Crippen molar-refractivity contribution in [1.29, 1.82) is 0 Å². The predicted molar refractivity (Wildman–Crippen MR) is 159 cm³/mol. The van der Waals surface area contributed by atoms with Crippen molar-refractivity contribution in [3.05, 3.63) is 118 Å². The van der Waals surface area contributed by atoms with Gasteiger partial charge in [0, 0.05) is 24.4 Å². The first-order chi connectivity index (χ1) is 18.9. The zero-order valence-electron chi connectivity index (χ0n) is 21.9. The highest BCUT2D eigenvalue weighted by molar-refractivity contribution is 7.12. The van der Waals surface area contributed by atoms with E-state index in [1.54, 1.807) is 6.08 Å². The number of rotatable bonds is 13. The number of ketones is 1. The van der Waals surface area contributed by atoms with Crippen LogP contribution in [0.4, 0.5) is 0 Å². The Morgan fingerprint density at radius 3 is 2.59 bits per heavy atom. The highest BCUT2D eigenvalue weighted by Crippen LogP contribution is 2.32. The van der Waals surface area contributed by atoms with Crippen LogP contribution >= 0.6 is 11.3 Å². The summed E-state index contributed by atoms with van der Waals surface area (Å²) in [6.45, 7) is 4.44. The monoisotopic (exact) mass is 539 g/mol. The first-order valence-electron chi connectivity index (χ1n) is 13.2. The molecule has 0 spiro atoms. The number of aliphatic carboxylic acids is 1. The number of carboxylic acid groups (broad SMARTS) is 1. The van der Waals surface area contributed by atoms with E-state index in [1.165, 1.54) is 11.3 Å². The molecule has 5 nitrogen and oxygen atoms in total. The molecule has 0 aliphatic heterocycles. The van der Waals surface area contributed by atoms with Gasteiger partial charge in [-0.1, -0.05) is 85.0 Å². The van der Waals surface area contributed by atoms with E-state index in [0.717, 1.165) is 52.7 Å². The van der Waals surface area contributed by atoms with Crippen molar-refractivity contribution >= 4 is 40.6 Å². The van der Waals surface area contributed by atoms with Gasteiger partial charge in [0.25, 0.3) is 5.91 Å². The lowest BCUT2D eigenvalue weighted by Crippen LogP contribution is -2.23. The summed E-state index contributed by atoms with van der Waals surface area (Å²) in [5.41, 5.74) is 5.84. The normalized spacial score (nSPS) is 15.4. The van der Waals surface area contributed by atoms with Gasteiger partial charge in [0.1, 0.15) is 0 Å². The standard InChI is InChI=1S/C33H33NO4S/c1-2-26(8-4-7-24-11-14-27(15-12-24)32(37)28-16-17-28)29-21-30(39-22-29)33(38)34-20-19-25-6-3-5-23(9-10-25)13-18-31(35)36/h2-4,6-12,14-15,21-22,28H,1,5,13,16-20H2,(H,34,38)(H,35,36)/b7-4+,26-8+. The van der Waals surface area contributed by atoms with Crippen LogP contribution in [0.25, 0.3) is 11.6 Å². The molecule has 2 aromatic rings. The van der Waals surface area contributed by atoms with Crippen LogP contribution in [0.5, 0.6) is 0 Å². The van der Waals surface area contributed by atoms with E-state index in [4.69, 9.17) is 5.11 Å². The van der Waals surface area contributed by atoms with Crippen molar-refractivity contribution < 1.29 is 19.5 Å². The average Bonchev–Trinajstić information content (AvgIpc) is 3.72. The molecule has 1 saturated carbocycles. The molecule has 2 N–H and O–H groups in total. The fourth-order valence-corrected chi connectivity index (χ4v) is 5.06. The zero-order valence-corrected chi connectivity index (χ0v) is 22.7. The van der Waals surface area contributed by atoms with Crippen LogP contribution < -0.4 is 5.32 Å². The molecule has 1 heterocycles. The number of Topliss-reactive ketones (excluding diaryl/α,β-unsaturated/α-hetero) is 1. The molecule has 0 bridgehead atoms. The average molecular weight is 540 g/mol. The molecule has 2 aliphatic rings. The Kier molecular flexibility index (Phi) is 9.81. The van der Waals surface area contributed by atoms with Gasteiger partial charge in [0.2, 0.25) is 0 Å². The Morgan fingerprint density at radius 1 is 1.08 bits per heavy atom. The number of carboxylic acids is 1. The minimum Gasteiger partial charge on any atom is -0.481 e. The van der Waals surface area contributed by atoms with Gasteiger partial charge in [-0.25, -0.2) is 0 Å². The van der Waals surface area contributed by atoms with E-state index in [1.807, 2.05) is 78.2 Å². The van der Waals surface area contributed by atoms with Crippen molar-refractivity contribution in [3.63, 3.8) is 0 Å². The lowest BCUT2D eigenvalue weighted by atomic mass is 10.0. The predicted octanol–water partition coefficient (Wildman–Crippen LogP) is 7.42. The topological polar surface area (TPSA) is 83.5 Å². The van der Waals surface area contributed by atoms with E-state index in [2.05, 4.69) is 11.9 Å². The smallest absolute Gasteiger partial charge is 0.303 e. The minimum atomic E-state index is -0.788. The first-order valence-corrected chi connectivity index (χ1v) is 14.1. The van der Waals surface area contributed by atoms with Crippen molar-refractivity contribution in [1.82, 2.24) is 5.32 Å². The van der Waals surface area contributed by atoms with Crippen LogP contribution in [0.3, 0.4) is 0 Å². The fraction of sp³-hybridized carbons (Fsp3) is 0.242. The fourth-order valence-electron chi connectivity index (χ4n) is 4.23. The van der Waals surface area contributed by atoms with Gasteiger partial charge in [0.05, 0.1) is 4.88 Å². The van der Waals surface area contributed by atoms with Gasteiger partial charge in [-0.2, -0.15) is 0 Å². The third-order valence-corrected chi connectivity index (χ3v) is 7.62. The highest BCUT2D eigenvalue weighted by Gasteiger charge is 2.30. The second-order valence-electron chi connectivity index (χ2n) is 9.72. The SMILES string of the molecule is C=C/C(=C\C=C\c1ccc(C(=O)C2CC2)cc1)c1csc(C(=O)NCCC2=CC=C(CCC(=O)O)CC=C2)c1. The molecule has 1 aromatic carbocycles. The number of hydrogen-bond donors (Lipinski definition) is 2. The Morgan fingerprint density at radius 2 is 1.87 bits per heavy atom. The number of carbonyl (C=O) groups is 3. The lowest BCUT2D eigenvalue weighted by Gasteiger charge is -2.04. The summed E-state index contributed by atoms with van der Waals surface area (Å²) in [5, 5.41) is 13.8. The Hall–Kier alpha value is -4.03. The molecule has 1 fully saturated rings. The van der Waals surface area contributed by atoms with E-state index >= 15 is 0 Å². The molecular weight excluding hydrogens is 506 g/mol. The molecule has 0 saturated heterocycles. The van der Waals surface area contributed by atoms with Crippen LogP contribution in [-0.2, 0) is 4.79 Å². The quantitative estimate of drug-likeness (QED) is 0.205. The summed E-state index contributed by atoms with van der Waals surface area (Å²) in [6.07, 6.45) is 19.9. The van der Waals surface area contributed by atoms with E-state index < -0.39 is 5.97 Å². The molecule has 0 radical (unpaired) electrons. The van der Waals surface area contributed by atoms with Crippen molar-refractivity contribution in [2.45, 2.75) is 38.5 Å². The lowest BCUT2D eigenvalue weighted by molar-refractivity contribution is -0.136. The number of benzene rings is 1. The molecule has 0 atom stereocenters. The second kappa shape index (κ2) is 13.7. The van der Waals surface area contributed by atoms with Gasteiger partial charge in [-0.15, -0.1) is 11.3 Å². The van der Waals surface area contributed by atoms with Crippen molar-refractivity contribution in [2.24, 2.45) is 5.92 Å². The highest BCUT2D eigenvalue weighted by atomic mass is 32.1. The van der Waals surface area contributed by atoms with Gasteiger partial charge in [0.15, 0.2) is 5.78 Å². The summed E-state index contributed by atoms with van der Waals surface area (Å²) in [6, 6.07) is 9.57. The third-order valence-electron chi connectivity index (χ3n) is 6.69. The van der Waals surface area contributed by atoms with Crippen LogP contribution in [0, 0.1) is 5.92 Å². The number of allylic oxidation sites excluding steroid dienone is 9. The van der Waals surface area contributed by atoms with Crippen LogP contribution in [-0.4, -0.2) is 29.3 Å². The Balaban J connectivity index is 1.28. The molecule has 2 aliphatic carbocycles. The summed E-state index contributed by atoms with van der Waals surface area (Å²) in [4.78, 5) is 36.3. The van der Waals surface area contributed by atoms with Crippen LogP contribution in [0.15, 0.2) is 96.0 Å². The van der Waals surface area contributed by atoms with Gasteiger partial charge < -0.3 is 10.4 Å². The number of nitrogens with one attached hydrogen (secondary N) is 1. The Bertz CT molecular complexity index is 1380. The van der Waals surface area contributed by atoms with E-state index in [9.17, 15) is 14.4 Å². The van der Waals surface area contributed by atoms with Crippen molar-refractivity contribution in [2.75, 3.05) is 6.54 Å². The molecule has 4 rings (SSSR count). The maximum absolute atomic E-state index is 12.7. The number of amides is 1. The summed E-state index contributed by atoms with van der Waals surface area (Å²) >= 11 is 1.40. The van der Waals surface area contributed by atoms with Crippen LogP contribution in [0.2, 0.25) is 0 Å². The molecule has 0 unspecified atom stereocenters. The summed E-state index contributed by atoms with van der Waals surface area (Å²) in [7, 11) is 0. The number of thiophene rings is 1. The molecule has 1 aromatic heterocycles. The zero-order chi connectivity index (χ0) is 27.6. The molecule has 200 valence electrons. The van der Waals surface area contributed by atoms with Gasteiger partial charge >= 0.3 is 5.97 Å². The minimum absolute atomic E-state index is 0.109. The first kappa shape index (κ1) is 28.0. The van der Waals surface area contributed by atoms with E-state index in [0.29, 0.717) is 24.3 Å². The van der Waals surface area contributed by atoms with E-state index in [-0.39, 0.29) is 24.0 Å². The number of carbonyl (C=O) groups excluding carboxylic acids is 2. The van der Waals surface area contributed by atoms with Crippen LogP contribution in [0.1, 0.15) is 69.7 Å². The van der Waals surface area contributed by atoms with Gasteiger partial charge in [-0.3, -0.25) is 14.4 Å². The molecule has 39 heavy (non-hydrogen) atoms. The molecule has 6 heteroatoms. The van der Waals surface area contributed by atoms with Crippen molar-refractivity contribution in [3.8, 4) is 0 Å².